The molecular weight excluding hydrogens is 585 g/mol. The monoisotopic (exact) mass is 612 g/mol. The largest absolute Gasteiger partial charge is 0.504 e. The van der Waals surface area contributed by atoms with Crippen molar-refractivity contribution in [2.75, 3.05) is 0 Å². The molecule has 0 aliphatic carbocycles. The Kier molecular flexibility index (Phi) is 5.76. The molecule has 0 saturated carbocycles. The van der Waals surface area contributed by atoms with Gasteiger partial charge < -0.3 is 9.52 Å². The summed E-state index contributed by atoms with van der Waals surface area (Å²) in [4.78, 5) is 0. The van der Waals surface area contributed by atoms with Gasteiger partial charge in [0.1, 0.15) is 5.58 Å². The van der Waals surface area contributed by atoms with Crippen LogP contribution in [0.2, 0.25) is 0 Å². The van der Waals surface area contributed by atoms with Crippen molar-refractivity contribution in [3.05, 3.63) is 164 Å². The van der Waals surface area contributed by atoms with E-state index < -0.39 is 0 Å². The molecule has 0 spiro atoms. The van der Waals surface area contributed by atoms with Crippen LogP contribution in [0.1, 0.15) is 0 Å². The zero-order valence-electron chi connectivity index (χ0n) is 25.9. The Balaban J connectivity index is 1.29. The van der Waals surface area contributed by atoms with Crippen molar-refractivity contribution in [3.8, 4) is 39.1 Å². The minimum Gasteiger partial charge on any atom is -0.504 e. The minimum atomic E-state index is 0.160. The van der Waals surface area contributed by atoms with Gasteiger partial charge in [0.15, 0.2) is 11.3 Å². The fraction of sp³-hybridized carbons (Fsp3) is 0. The van der Waals surface area contributed by atoms with Crippen LogP contribution in [0.15, 0.2) is 168 Å². The fourth-order valence-electron chi connectivity index (χ4n) is 7.74. The molecule has 224 valence electrons. The van der Waals surface area contributed by atoms with Crippen molar-refractivity contribution in [2.24, 2.45) is 0 Å². The first kappa shape index (κ1) is 26.8. The second kappa shape index (κ2) is 10.3. The topological polar surface area (TPSA) is 33.4 Å². The number of benzene rings is 9. The number of phenols is 1. The maximum atomic E-state index is 12.1. The summed E-state index contributed by atoms with van der Waals surface area (Å²) >= 11 is 0. The summed E-state index contributed by atoms with van der Waals surface area (Å²) in [6.07, 6.45) is 0. The highest BCUT2D eigenvalue weighted by Gasteiger charge is 2.22. The van der Waals surface area contributed by atoms with Crippen LogP contribution in [-0.2, 0) is 0 Å². The quantitative estimate of drug-likeness (QED) is 0.201. The van der Waals surface area contributed by atoms with Crippen molar-refractivity contribution in [3.63, 3.8) is 0 Å². The number of phenolic OH excluding ortho intramolecular Hbond substituents is 1. The van der Waals surface area contributed by atoms with E-state index in [-0.39, 0.29) is 5.75 Å². The van der Waals surface area contributed by atoms with E-state index in [4.69, 9.17) is 4.42 Å². The van der Waals surface area contributed by atoms with Gasteiger partial charge in [0.2, 0.25) is 0 Å². The summed E-state index contributed by atoms with van der Waals surface area (Å²) in [7, 11) is 0. The third-order valence-corrected chi connectivity index (χ3v) is 9.92. The Hall–Kier alpha value is -6.38. The summed E-state index contributed by atoms with van der Waals surface area (Å²) in [5, 5.41) is 23.1. The van der Waals surface area contributed by atoms with Crippen molar-refractivity contribution in [1.82, 2.24) is 0 Å². The Morgan fingerprint density at radius 1 is 0.354 bits per heavy atom. The van der Waals surface area contributed by atoms with E-state index in [0.717, 1.165) is 59.8 Å². The van der Waals surface area contributed by atoms with Crippen molar-refractivity contribution < 1.29 is 9.52 Å². The number of rotatable bonds is 3. The molecule has 0 aliphatic rings. The molecule has 10 rings (SSSR count). The van der Waals surface area contributed by atoms with Crippen LogP contribution in [0.25, 0.3) is 98.4 Å². The summed E-state index contributed by atoms with van der Waals surface area (Å²) in [6, 6.07) is 57.7. The second-order valence-electron chi connectivity index (χ2n) is 12.6. The van der Waals surface area contributed by atoms with Crippen molar-refractivity contribution >= 4 is 65.0 Å². The lowest BCUT2D eigenvalue weighted by Crippen LogP contribution is -1.93. The van der Waals surface area contributed by atoms with Crippen LogP contribution in [-0.4, -0.2) is 5.11 Å². The molecule has 0 bridgehead atoms. The van der Waals surface area contributed by atoms with Gasteiger partial charge in [-0.2, -0.15) is 0 Å². The lowest BCUT2D eigenvalue weighted by Gasteiger charge is -2.20. The van der Waals surface area contributed by atoms with Crippen LogP contribution >= 0.6 is 0 Å². The Morgan fingerprint density at radius 3 is 1.56 bits per heavy atom. The van der Waals surface area contributed by atoms with Gasteiger partial charge in [-0.1, -0.05) is 127 Å². The molecular formula is C46H28O2. The lowest BCUT2D eigenvalue weighted by molar-refractivity contribution is 0.471. The molecule has 0 saturated heterocycles. The van der Waals surface area contributed by atoms with E-state index in [1.165, 1.54) is 33.0 Å². The first-order chi connectivity index (χ1) is 23.7. The first-order valence-corrected chi connectivity index (χ1v) is 16.3. The standard InChI is InChI=1S/C46H28O2/c47-45-39(23-22-38-40-25-29-14-4-5-15-30(29)27-42(40)48-46(38)45)43-34-18-8-10-20-36(34)44(37-21-11-9-19-35(37)43)41-26-32(28-12-2-1-3-13-28)24-31-16-6-7-17-33(31)41/h1-27,47H. The van der Waals surface area contributed by atoms with Crippen LogP contribution < -0.4 is 0 Å². The predicted molar refractivity (Wildman–Crippen MR) is 202 cm³/mol. The maximum Gasteiger partial charge on any atom is 0.177 e. The smallest absolute Gasteiger partial charge is 0.177 e. The van der Waals surface area contributed by atoms with E-state index in [0.29, 0.717) is 5.58 Å². The Morgan fingerprint density at radius 2 is 0.896 bits per heavy atom. The van der Waals surface area contributed by atoms with E-state index in [1.807, 2.05) is 12.1 Å². The minimum absolute atomic E-state index is 0.160. The SMILES string of the molecule is Oc1c(-c2c3ccccc3c(-c3cc(-c4ccccc4)cc4ccccc34)c3ccccc23)ccc2c1oc1cc3ccccc3cc12. The normalized spacial score (nSPS) is 11.8. The van der Waals surface area contributed by atoms with Crippen molar-refractivity contribution in [2.45, 2.75) is 0 Å². The predicted octanol–water partition coefficient (Wildman–Crippen LogP) is 12.9. The lowest BCUT2D eigenvalue weighted by atomic mass is 9.83. The summed E-state index contributed by atoms with van der Waals surface area (Å²) < 4.78 is 6.42. The second-order valence-corrected chi connectivity index (χ2v) is 12.6. The number of aromatic hydroxyl groups is 1. The molecule has 9 aromatic carbocycles. The number of hydrogen-bond donors (Lipinski definition) is 1. The zero-order chi connectivity index (χ0) is 31.8. The molecule has 1 heterocycles. The number of furan rings is 1. The molecule has 0 radical (unpaired) electrons. The van der Waals surface area contributed by atoms with Gasteiger partial charge in [-0.15, -0.1) is 0 Å². The third kappa shape index (κ3) is 3.93. The molecule has 0 amide bonds. The highest BCUT2D eigenvalue weighted by atomic mass is 16.4. The molecule has 10 aromatic rings. The summed E-state index contributed by atoms with van der Waals surface area (Å²) in [5.41, 5.74) is 7.79. The van der Waals surface area contributed by atoms with Gasteiger partial charge in [0.25, 0.3) is 0 Å². The van der Waals surface area contributed by atoms with Crippen LogP contribution in [0, 0.1) is 0 Å². The average Bonchev–Trinajstić information content (AvgIpc) is 3.51. The molecule has 2 nitrogen and oxygen atoms in total. The highest BCUT2D eigenvalue weighted by molar-refractivity contribution is 6.25. The zero-order valence-corrected chi connectivity index (χ0v) is 25.9. The summed E-state index contributed by atoms with van der Waals surface area (Å²) in [6.45, 7) is 0. The fourth-order valence-corrected chi connectivity index (χ4v) is 7.74. The molecule has 0 aliphatic heterocycles. The Labute approximate surface area is 276 Å². The third-order valence-electron chi connectivity index (χ3n) is 9.92. The molecule has 0 atom stereocenters. The summed E-state index contributed by atoms with van der Waals surface area (Å²) in [5.74, 6) is 0.160. The molecule has 48 heavy (non-hydrogen) atoms. The average molecular weight is 613 g/mol. The molecule has 2 heteroatoms. The molecule has 1 aromatic heterocycles. The maximum absolute atomic E-state index is 12.1. The van der Waals surface area contributed by atoms with Gasteiger partial charge in [0.05, 0.1) is 0 Å². The van der Waals surface area contributed by atoms with Gasteiger partial charge in [0, 0.05) is 21.9 Å². The molecule has 1 N–H and O–H groups in total. The van der Waals surface area contributed by atoms with Crippen LogP contribution in [0.5, 0.6) is 5.75 Å². The molecule has 0 unspecified atom stereocenters. The van der Waals surface area contributed by atoms with Gasteiger partial charge in [-0.3, -0.25) is 0 Å². The van der Waals surface area contributed by atoms with Gasteiger partial charge >= 0.3 is 0 Å². The van der Waals surface area contributed by atoms with Gasteiger partial charge in [-0.25, -0.2) is 0 Å². The van der Waals surface area contributed by atoms with Crippen LogP contribution in [0.3, 0.4) is 0 Å². The van der Waals surface area contributed by atoms with E-state index in [9.17, 15) is 5.11 Å². The van der Waals surface area contributed by atoms with E-state index in [1.54, 1.807) is 0 Å². The van der Waals surface area contributed by atoms with E-state index >= 15 is 0 Å². The van der Waals surface area contributed by atoms with Crippen LogP contribution in [0.4, 0.5) is 0 Å². The molecule has 0 fully saturated rings. The number of fused-ring (bicyclic) bond motifs is 7. The van der Waals surface area contributed by atoms with Crippen molar-refractivity contribution in [1.29, 1.82) is 0 Å². The van der Waals surface area contributed by atoms with E-state index in [2.05, 4.69) is 152 Å². The Bertz CT molecular complexity index is 2840. The number of hydrogen-bond acceptors (Lipinski definition) is 2. The highest BCUT2D eigenvalue weighted by Crippen LogP contribution is 2.49. The first-order valence-electron chi connectivity index (χ1n) is 16.3. The van der Waals surface area contributed by atoms with Gasteiger partial charge in [-0.05, 0) is 102 Å².